The third-order valence-electron chi connectivity index (χ3n) is 23.5. The van der Waals surface area contributed by atoms with Crippen molar-refractivity contribution in [2.75, 3.05) is 0 Å². The standard InChI is InChI=1S/C46H38N2O4.C42H36N2O4/c49-43-37-19-9-17-35-33(23-25-39(41(35)37)45(51)47(43)27-11-3-1-4-12-27)31-21-22-32(30-16-8-7-15-29(30)31)34-24-26-40-42-36(34)18-10-20-38(42)44(50)48(46(40)52)28-13-5-2-6-14-28;45-39-33-15-7-13-31-29(21-23-35(37(31)33)41(47)43(39)27-9-3-1-4-10-27)25-17-19-26(20-18-25)30-22-24-36-38-32(30)14-8-16-34(38)40(46)44(42(36)48)28-11-5-2-6-12-28/h7-10,15-28H,1-6,11-14H2;7-8,13-24,27-28H,1-6,9-12H2. The van der Waals surface area contributed by atoms with Gasteiger partial charge in [-0.2, -0.15) is 0 Å². The van der Waals surface area contributed by atoms with Gasteiger partial charge in [0.15, 0.2) is 0 Å². The Balaban J connectivity index is 0.000000145. The maximum Gasteiger partial charge on any atom is 0.261 e. The van der Waals surface area contributed by atoms with E-state index in [4.69, 9.17) is 0 Å². The Kier molecular flexibility index (Phi) is 15.2. The minimum atomic E-state index is -0.186. The van der Waals surface area contributed by atoms with Crippen molar-refractivity contribution in [3.8, 4) is 44.5 Å². The van der Waals surface area contributed by atoms with E-state index in [1.807, 2.05) is 133 Å². The highest BCUT2D eigenvalue weighted by Crippen LogP contribution is 2.47. The zero-order valence-electron chi connectivity index (χ0n) is 55.8. The number of imide groups is 4. The second kappa shape index (κ2) is 24.6. The van der Waals surface area contributed by atoms with Gasteiger partial charge in [-0.3, -0.25) is 58.0 Å². The minimum Gasteiger partial charge on any atom is -0.271 e. The molecule has 12 heteroatoms. The van der Waals surface area contributed by atoms with Gasteiger partial charge in [0.05, 0.1) is 0 Å². The molecular weight excluding hydrogens is 1240 g/mol. The zero-order chi connectivity index (χ0) is 67.6. The summed E-state index contributed by atoms with van der Waals surface area (Å²) < 4.78 is 0. The largest absolute Gasteiger partial charge is 0.271 e. The summed E-state index contributed by atoms with van der Waals surface area (Å²) >= 11 is 0. The van der Waals surface area contributed by atoms with Gasteiger partial charge in [0, 0.05) is 90.2 Å². The molecule has 4 aliphatic carbocycles. The maximum atomic E-state index is 14.0. The number of fused-ring (bicyclic) bond motifs is 1. The Bertz CT molecular complexity index is 4970. The van der Waals surface area contributed by atoms with E-state index in [9.17, 15) is 38.4 Å². The van der Waals surface area contributed by atoms with Crippen LogP contribution >= 0.6 is 0 Å². The molecule has 0 N–H and O–H groups in total. The predicted octanol–water partition coefficient (Wildman–Crippen LogP) is 19.5. The number of hydrogen-bond donors (Lipinski definition) is 0. The fourth-order valence-corrected chi connectivity index (χ4v) is 18.7. The summed E-state index contributed by atoms with van der Waals surface area (Å²) in [6, 6.07) is 59.5. The second-order valence-corrected chi connectivity index (χ2v) is 28.9. The average Bonchev–Trinajstić information content (AvgIpc) is 0.739. The molecule has 8 aliphatic rings. The van der Waals surface area contributed by atoms with Crippen LogP contribution in [-0.2, 0) is 0 Å². The molecule has 4 aliphatic heterocycles. The monoisotopic (exact) mass is 1310 g/mol. The van der Waals surface area contributed by atoms with Crippen LogP contribution in [0.4, 0.5) is 0 Å². The molecule has 0 radical (unpaired) electrons. The van der Waals surface area contributed by atoms with Gasteiger partial charge in [-0.1, -0.05) is 211 Å². The van der Waals surface area contributed by atoms with Crippen molar-refractivity contribution in [1.29, 1.82) is 0 Å². The maximum absolute atomic E-state index is 14.0. The van der Waals surface area contributed by atoms with E-state index in [1.165, 1.54) is 19.6 Å². The third-order valence-corrected chi connectivity index (χ3v) is 23.5. The molecule has 0 aromatic heterocycles. The molecule has 11 aromatic rings. The molecule has 4 fully saturated rings. The fourth-order valence-electron chi connectivity index (χ4n) is 18.7. The number of carbonyl (C=O) groups is 8. The van der Waals surface area contributed by atoms with E-state index < -0.39 is 0 Å². The van der Waals surface area contributed by atoms with Crippen molar-refractivity contribution in [3.05, 3.63) is 226 Å². The summed E-state index contributed by atoms with van der Waals surface area (Å²) in [5, 5.41) is 8.57. The molecule has 0 bridgehead atoms. The fraction of sp³-hybridized carbons (Fsp3) is 0.273. The summed E-state index contributed by atoms with van der Waals surface area (Å²) in [7, 11) is 0. The van der Waals surface area contributed by atoms with E-state index >= 15 is 0 Å². The van der Waals surface area contributed by atoms with Crippen LogP contribution in [0, 0.1) is 0 Å². The van der Waals surface area contributed by atoms with Crippen molar-refractivity contribution in [3.63, 3.8) is 0 Å². The number of benzene rings is 11. The summed E-state index contributed by atoms with van der Waals surface area (Å²) in [5.74, 6) is -1.47. The topological polar surface area (TPSA) is 150 Å². The van der Waals surface area contributed by atoms with Gasteiger partial charge in [-0.25, -0.2) is 0 Å². The molecule has 12 nitrogen and oxygen atoms in total. The lowest BCUT2D eigenvalue weighted by molar-refractivity contribution is 0.0487. The van der Waals surface area contributed by atoms with Gasteiger partial charge in [-0.15, -0.1) is 0 Å². The molecule has 4 heterocycles. The summed E-state index contributed by atoms with van der Waals surface area (Å²) in [5.41, 5.74) is 12.6. The van der Waals surface area contributed by atoms with Gasteiger partial charge in [0.2, 0.25) is 0 Å². The van der Waals surface area contributed by atoms with Crippen LogP contribution in [0.1, 0.15) is 211 Å². The molecule has 0 atom stereocenters. The summed E-state index contributed by atoms with van der Waals surface area (Å²) in [6.07, 6.45) is 19.9. The van der Waals surface area contributed by atoms with Crippen LogP contribution in [0.3, 0.4) is 0 Å². The Morgan fingerprint density at radius 1 is 0.180 bits per heavy atom. The second-order valence-electron chi connectivity index (χ2n) is 28.9. The molecule has 19 rings (SSSR count). The molecule has 8 amide bonds. The van der Waals surface area contributed by atoms with Crippen molar-refractivity contribution < 1.29 is 38.4 Å². The Hall–Kier alpha value is -10.7. The van der Waals surface area contributed by atoms with Crippen LogP contribution < -0.4 is 0 Å². The first-order valence-corrected chi connectivity index (χ1v) is 36.4. The smallest absolute Gasteiger partial charge is 0.261 e. The average molecular weight is 1320 g/mol. The van der Waals surface area contributed by atoms with Crippen molar-refractivity contribution >= 4 is 101 Å². The lowest BCUT2D eigenvalue weighted by Crippen LogP contribution is -2.47. The van der Waals surface area contributed by atoms with E-state index in [0.29, 0.717) is 44.5 Å². The number of hydrogen-bond acceptors (Lipinski definition) is 8. The third kappa shape index (κ3) is 9.66. The Labute approximate surface area is 579 Å². The molecule has 4 saturated carbocycles. The minimum absolute atomic E-state index is 0.0308. The molecule has 0 saturated heterocycles. The van der Waals surface area contributed by atoms with Crippen LogP contribution in [0.25, 0.3) is 98.4 Å². The number of carbonyl (C=O) groups excluding carboxylic acids is 8. The lowest BCUT2D eigenvalue weighted by atomic mass is 9.83. The molecular formula is C88H74N4O8. The van der Waals surface area contributed by atoms with Crippen LogP contribution in [-0.4, -0.2) is 91.0 Å². The first-order chi connectivity index (χ1) is 49.0. The van der Waals surface area contributed by atoms with Crippen LogP contribution in [0.15, 0.2) is 182 Å². The van der Waals surface area contributed by atoms with E-state index in [1.54, 1.807) is 0 Å². The predicted molar refractivity (Wildman–Crippen MR) is 392 cm³/mol. The normalized spacial score (nSPS) is 18.5. The SMILES string of the molecule is O=C1c2cccc3c(-c4ccc(-c5ccc6c7c(cccc57)C(=O)N(C5CCCCC5)C6=O)c5ccccc45)ccc(c23)C(=O)N1C1CCCCC1.O=C1c2cccc3c(-c4ccc(-c5ccc6c7c(cccc57)C(=O)N(C5CCCCC5)C6=O)cc4)ccc(c23)C(=O)N1C1CCCCC1. The number of nitrogens with zero attached hydrogens (tertiary/aromatic N) is 4. The van der Waals surface area contributed by atoms with Gasteiger partial charge >= 0.3 is 0 Å². The van der Waals surface area contributed by atoms with Gasteiger partial charge in [0.1, 0.15) is 0 Å². The number of amides is 8. The molecule has 11 aromatic carbocycles. The van der Waals surface area contributed by atoms with Crippen molar-refractivity contribution in [2.24, 2.45) is 0 Å². The highest BCUT2D eigenvalue weighted by atomic mass is 16.2. The Morgan fingerprint density at radius 2 is 0.370 bits per heavy atom. The summed E-state index contributed by atoms with van der Waals surface area (Å²) in [4.78, 5) is 117. The van der Waals surface area contributed by atoms with Gasteiger partial charge in [-0.05, 0) is 177 Å². The molecule has 0 unspecified atom stereocenters. The van der Waals surface area contributed by atoms with Crippen LogP contribution in [0.5, 0.6) is 0 Å². The zero-order valence-corrected chi connectivity index (χ0v) is 55.8. The number of rotatable bonds is 8. The molecule has 0 spiro atoms. The van der Waals surface area contributed by atoms with Crippen molar-refractivity contribution in [1.82, 2.24) is 19.6 Å². The Morgan fingerprint density at radius 3 is 0.620 bits per heavy atom. The van der Waals surface area contributed by atoms with Gasteiger partial charge < -0.3 is 0 Å². The van der Waals surface area contributed by atoms with Crippen LogP contribution in [0.2, 0.25) is 0 Å². The highest BCUT2D eigenvalue weighted by molar-refractivity contribution is 6.31. The van der Waals surface area contributed by atoms with Gasteiger partial charge in [0.25, 0.3) is 47.3 Å². The summed E-state index contributed by atoms with van der Waals surface area (Å²) in [6.45, 7) is 0. The lowest BCUT2D eigenvalue weighted by Gasteiger charge is -2.36. The van der Waals surface area contributed by atoms with E-state index in [2.05, 4.69) is 48.5 Å². The van der Waals surface area contributed by atoms with E-state index in [-0.39, 0.29) is 71.4 Å². The highest BCUT2D eigenvalue weighted by Gasteiger charge is 2.43. The quantitative estimate of drug-likeness (QED) is 0.137. The molecule has 100 heavy (non-hydrogen) atoms. The first-order valence-electron chi connectivity index (χ1n) is 36.4. The van der Waals surface area contributed by atoms with Crippen molar-refractivity contribution in [2.45, 2.75) is 153 Å². The molecule has 494 valence electrons. The van der Waals surface area contributed by atoms with E-state index in [0.717, 1.165) is 227 Å². The first kappa shape index (κ1) is 61.6.